The molecule has 0 aliphatic heterocycles. The smallest absolute Gasteiger partial charge is 0.106 e. The maximum absolute atomic E-state index is 4.53. The Bertz CT molecular complexity index is 19.5. The highest BCUT2D eigenvalue weighted by Gasteiger charge is 1.77. The standard InChI is InChI=1S/C4H12NO/c1-2-3-4-6-5/h2-4H2,1,5H3/q+1. The van der Waals surface area contributed by atoms with Gasteiger partial charge < -0.3 is 0 Å². The van der Waals surface area contributed by atoms with E-state index in [1.807, 2.05) is 0 Å². The van der Waals surface area contributed by atoms with Gasteiger partial charge in [0.05, 0.1) is 0 Å². The molecule has 0 bridgehead atoms. The molecule has 0 spiro atoms. The summed E-state index contributed by atoms with van der Waals surface area (Å²) < 4.78 is 0. The van der Waals surface area contributed by atoms with Crippen molar-refractivity contribution in [2.45, 2.75) is 19.8 Å². The Labute approximate surface area is 38.2 Å². The van der Waals surface area contributed by atoms with Crippen LogP contribution < -0.4 is 5.90 Å². The summed E-state index contributed by atoms with van der Waals surface area (Å²) in [6.45, 7) is 2.93. The quantitative estimate of drug-likeness (QED) is 0.383. The second kappa shape index (κ2) is 4.92. The van der Waals surface area contributed by atoms with Crippen molar-refractivity contribution in [3.05, 3.63) is 0 Å². The first-order chi connectivity index (χ1) is 2.91. The van der Waals surface area contributed by atoms with Crippen LogP contribution in [0.1, 0.15) is 19.8 Å². The van der Waals surface area contributed by atoms with Gasteiger partial charge in [-0.05, 0) is 6.42 Å². The van der Waals surface area contributed by atoms with Crippen LogP contribution in [0.4, 0.5) is 0 Å². The van der Waals surface area contributed by atoms with E-state index >= 15 is 0 Å². The summed E-state index contributed by atoms with van der Waals surface area (Å²) in [5.41, 5.74) is 0. The number of hydrogen-bond donors (Lipinski definition) is 1. The van der Waals surface area contributed by atoms with Gasteiger partial charge in [0.1, 0.15) is 6.61 Å². The van der Waals surface area contributed by atoms with E-state index < -0.39 is 0 Å². The molecule has 0 saturated heterocycles. The highest BCUT2D eigenvalue weighted by atomic mass is 16.6. The van der Waals surface area contributed by atoms with Crippen LogP contribution in [-0.2, 0) is 4.84 Å². The Hall–Kier alpha value is -0.0800. The van der Waals surface area contributed by atoms with Gasteiger partial charge in [0.2, 0.25) is 0 Å². The van der Waals surface area contributed by atoms with Crippen molar-refractivity contribution in [3.8, 4) is 0 Å². The number of unbranched alkanes of at least 4 members (excludes halogenated alkanes) is 1. The number of rotatable bonds is 3. The Morgan fingerprint density at radius 3 is 2.50 bits per heavy atom. The lowest BCUT2D eigenvalue weighted by Crippen LogP contribution is -2.48. The summed E-state index contributed by atoms with van der Waals surface area (Å²) >= 11 is 0. The first kappa shape index (κ1) is 5.92. The molecule has 0 aromatic carbocycles. The van der Waals surface area contributed by atoms with E-state index in [-0.39, 0.29) is 0 Å². The predicted molar refractivity (Wildman–Crippen MR) is 23.7 cm³/mol. The molecule has 0 radical (unpaired) electrons. The predicted octanol–water partition coefficient (Wildman–Crippen LogP) is -0.0400. The summed E-state index contributed by atoms with van der Waals surface area (Å²) in [5, 5.41) is 0. The molecule has 0 atom stereocenters. The molecule has 3 N–H and O–H groups in total. The van der Waals surface area contributed by atoms with E-state index in [0.717, 1.165) is 13.0 Å². The maximum Gasteiger partial charge on any atom is 0.106 e. The van der Waals surface area contributed by atoms with Gasteiger partial charge in [0, 0.05) is 0 Å². The Morgan fingerprint density at radius 1 is 1.67 bits per heavy atom. The molecule has 0 aliphatic carbocycles. The minimum absolute atomic E-state index is 0.802. The molecule has 0 rings (SSSR count). The average molecular weight is 90.1 g/mol. The van der Waals surface area contributed by atoms with Crippen molar-refractivity contribution < 1.29 is 10.7 Å². The number of hydrogen-bond acceptors (Lipinski definition) is 1. The fourth-order valence-electron chi connectivity index (χ4n) is 0.246. The van der Waals surface area contributed by atoms with Gasteiger partial charge in [-0.1, -0.05) is 13.3 Å². The fourth-order valence-corrected chi connectivity index (χ4v) is 0.246. The first-order valence-corrected chi connectivity index (χ1v) is 2.28. The van der Waals surface area contributed by atoms with Crippen LogP contribution in [0.25, 0.3) is 0 Å². The summed E-state index contributed by atoms with van der Waals surface area (Å²) in [4.78, 5) is 4.53. The minimum Gasteiger partial charge on any atom is -0.213 e. The van der Waals surface area contributed by atoms with Crippen molar-refractivity contribution in [2.24, 2.45) is 0 Å². The van der Waals surface area contributed by atoms with Gasteiger partial charge in [-0.2, -0.15) is 0 Å². The van der Waals surface area contributed by atoms with Gasteiger partial charge in [0.15, 0.2) is 0 Å². The van der Waals surface area contributed by atoms with Crippen LogP contribution in [0, 0.1) is 0 Å². The van der Waals surface area contributed by atoms with E-state index in [4.69, 9.17) is 0 Å². The lowest BCUT2D eigenvalue weighted by molar-refractivity contribution is -0.689. The second-order valence-corrected chi connectivity index (χ2v) is 1.26. The monoisotopic (exact) mass is 90.1 g/mol. The van der Waals surface area contributed by atoms with E-state index in [1.165, 1.54) is 6.42 Å². The van der Waals surface area contributed by atoms with Gasteiger partial charge in [-0.15, -0.1) is 0 Å². The molecular weight excluding hydrogens is 78.0 g/mol. The molecule has 0 saturated carbocycles. The first-order valence-electron chi connectivity index (χ1n) is 2.28. The molecule has 0 fully saturated rings. The van der Waals surface area contributed by atoms with Crippen LogP contribution in [0.3, 0.4) is 0 Å². The minimum atomic E-state index is 0.802. The van der Waals surface area contributed by atoms with Crippen molar-refractivity contribution in [1.82, 2.24) is 0 Å². The second-order valence-electron chi connectivity index (χ2n) is 1.26. The maximum atomic E-state index is 4.53. The molecule has 0 aromatic heterocycles. The van der Waals surface area contributed by atoms with Gasteiger partial charge >= 0.3 is 0 Å². The molecule has 0 aliphatic rings. The highest BCUT2D eigenvalue weighted by molar-refractivity contribution is 4.24. The Morgan fingerprint density at radius 2 is 2.33 bits per heavy atom. The zero-order valence-corrected chi connectivity index (χ0v) is 4.24. The zero-order valence-electron chi connectivity index (χ0n) is 4.24. The Kier molecular flexibility index (Phi) is 4.85. The van der Waals surface area contributed by atoms with Crippen LogP contribution >= 0.6 is 0 Å². The van der Waals surface area contributed by atoms with Gasteiger partial charge in [-0.3, -0.25) is 0 Å². The van der Waals surface area contributed by atoms with Crippen LogP contribution in [-0.4, -0.2) is 6.61 Å². The molecule has 6 heavy (non-hydrogen) atoms. The third-order valence-corrected chi connectivity index (χ3v) is 0.642. The van der Waals surface area contributed by atoms with Gasteiger partial charge in [-0.25, -0.2) is 10.7 Å². The topological polar surface area (TPSA) is 36.9 Å². The fraction of sp³-hybridized carbons (Fsp3) is 1.00. The van der Waals surface area contributed by atoms with Gasteiger partial charge in [0.25, 0.3) is 0 Å². The molecule has 0 unspecified atom stereocenters. The Balaban J connectivity index is 2.34. The molecule has 2 heteroatoms. The molecule has 0 amide bonds. The lowest BCUT2D eigenvalue weighted by atomic mass is 10.4. The van der Waals surface area contributed by atoms with Crippen molar-refractivity contribution in [1.29, 1.82) is 0 Å². The summed E-state index contributed by atoms with van der Waals surface area (Å²) in [6, 6.07) is 0. The van der Waals surface area contributed by atoms with E-state index in [2.05, 4.69) is 17.7 Å². The van der Waals surface area contributed by atoms with Crippen LogP contribution in [0.5, 0.6) is 0 Å². The van der Waals surface area contributed by atoms with Crippen LogP contribution in [0.15, 0.2) is 0 Å². The van der Waals surface area contributed by atoms with E-state index in [9.17, 15) is 0 Å². The summed E-state index contributed by atoms with van der Waals surface area (Å²) in [7, 11) is 0. The molecular formula is C4H12NO+. The zero-order chi connectivity index (χ0) is 4.83. The normalized spacial score (nSPS) is 9.00. The molecule has 38 valence electrons. The molecule has 0 aromatic rings. The highest BCUT2D eigenvalue weighted by Crippen LogP contribution is 1.81. The SMILES string of the molecule is CCCCO[NH3+]. The molecule has 2 nitrogen and oxygen atoms in total. The average Bonchev–Trinajstić information content (AvgIpc) is 1.61. The van der Waals surface area contributed by atoms with E-state index in [0.29, 0.717) is 0 Å². The number of quaternary nitrogens is 1. The van der Waals surface area contributed by atoms with Crippen molar-refractivity contribution in [2.75, 3.05) is 6.61 Å². The summed E-state index contributed by atoms with van der Waals surface area (Å²) in [6.07, 6.45) is 2.32. The lowest BCUT2D eigenvalue weighted by Gasteiger charge is -1.85. The van der Waals surface area contributed by atoms with Crippen molar-refractivity contribution >= 4 is 0 Å². The molecule has 0 heterocycles. The third-order valence-electron chi connectivity index (χ3n) is 0.642. The summed E-state index contributed by atoms with van der Waals surface area (Å²) in [5.74, 6) is 3.22. The third kappa shape index (κ3) is 3.92. The van der Waals surface area contributed by atoms with Crippen molar-refractivity contribution in [3.63, 3.8) is 0 Å². The van der Waals surface area contributed by atoms with Crippen LogP contribution in [0.2, 0.25) is 0 Å². The van der Waals surface area contributed by atoms with E-state index in [1.54, 1.807) is 0 Å². The largest absolute Gasteiger partial charge is 0.213 e.